The first-order valence-electron chi connectivity index (χ1n) is 9.61. The summed E-state index contributed by atoms with van der Waals surface area (Å²) in [4.78, 5) is 62.5. The van der Waals surface area contributed by atoms with Crippen molar-refractivity contribution in [1.82, 2.24) is 16.0 Å². The first-order chi connectivity index (χ1) is 14.8. The Hall–Kier alpha value is -3.46. The van der Waals surface area contributed by atoms with Gasteiger partial charge in [-0.2, -0.15) is 0 Å². The molecule has 0 spiro atoms. The molecule has 12 N–H and O–H groups in total. The van der Waals surface area contributed by atoms with E-state index >= 15 is 0 Å². The van der Waals surface area contributed by atoms with Gasteiger partial charge in [-0.15, -0.1) is 0 Å². The van der Waals surface area contributed by atoms with Gasteiger partial charge in [0.05, 0.1) is 12.5 Å². The first kappa shape index (κ1) is 28.5. The molecule has 0 aromatic rings. The van der Waals surface area contributed by atoms with Gasteiger partial charge in [0.2, 0.25) is 17.7 Å². The number of nitrogens with two attached hydrogens (primary N) is 3. The van der Waals surface area contributed by atoms with E-state index in [1.165, 1.54) is 13.8 Å². The highest BCUT2D eigenvalue weighted by molar-refractivity contribution is 5.94. The molecule has 32 heavy (non-hydrogen) atoms. The highest BCUT2D eigenvalue weighted by atomic mass is 16.4. The van der Waals surface area contributed by atoms with E-state index in [4.69, 9.17) is 27.4 Å². The Morgan fingerprint density at radius 1 is 0.906 bits per heavy atom. The quantitative estimate of drug-likeness (QED) is 0.0679. The molecule has 3 amide bonds. The molecule has 0 saturated heterocycles. The summed E-state index contributed by atoms with van der Waals surface area (Å²) in [5.41, 5.74) is 16.0. The number of hydrogen-bond donors (Lipinski definition) is 9. The van der Waals surface area contributed by atoms with Crippen LogP contribution in [0.5, 0.6) is 0 Å². The molecule has 5 unspecified atom stereocenters. The van der Waals surface area contributed by atoms with Crippen LogP contribution >= 0.6 is 0 Å². The number of carboxylic acids is 2. The molecular formula is C17H31N7O8. The van der Waals surface area contributed by atoms with E-state index in [0.29, 0.717) is 0 Å². The van der Waals surface area contributed by atoms with Crippen molar-refractivity contribution in [2.75, 3.05) is 6.54 Å². The number of aliphatic imine (C=N–C) groups is 1. The number of carbonyl (C=O) groups is 5. The fourth-order valence-corrected chi connectivity index (χ4v) is 2.31. The number of nitrogens with zero attached hydrogens (tertiary/aromatic N) is 1. The van der Waals surface area contributed by atoms with Gasteiger partial charge in [-0.05, 0) is 26.7 Å². The maximum atomic E-state index is 12.6. The fraction of sp³-hybridized carbons (Fsp3) is 0.647. The molecule has 0 heterocycles. The van der Waals surface area contributed by atoms with Crippen LogP contribution in [0.1, 0.15) is 33.1 Å². The zero-order valence-electron chi connectivity index (χ0n) is 17.8. The SMILES string of the molecule is CC(NC(=O)C(CCCN=C(N)N)NC(=O)C(N)C(C)O)C(=O)NC(CC(=O)O)C(=O)O. The van der Waals surface area contributed by atoms with E-state index in [-0.39, 0.29) is 25.3 Å². The third-order valence-corrected chi connectivity index (χ3v) is 4.15. The molecule has 0 radical (unpaired) electrons. The van der Waals surface area contributed by atoms with Crippen molar-refractivity contribution in [2.24, 2.45) is 22.2 Å². The van der Waals surface area contributed by atoms with Crippen LogP contribution in [-0.2, 0) is 24.0 Å². The number of carbonyl (C=O) groups excluding carboxylic acids is 3. The van der Waals surface area contributed by atoms with Crippen molar-refractivity contribution in [3.8, 4) is 0 Å². The Labute approximate surface area is 183 Å². The van der Waals surface area contributed by atoms with Crippen LogP contribution < -0.4 is 33.2 Å². The minimum Gasteiger partial charge on any atom is -0.481 e. The lowest BCUT2D eigenvalue weighted by Gasteiger charge is -2.24. The lowest BCUT2D eigenvalue weighted by molar-refractivity contribution is -0.147. The van der Waals surface area contributed by atoms with Gasteiger partial charge in [0, 0.05) is 6.54 Å². The van der Waals surface area contributed by atoms with Gasteiger partial charge in [-0.25, -0.2) is 4.79 Å². The monoisotopic (exact) mass is 461 g/mol. The van der Waals surface area contributed by atoms with Gasteiger partial charge >= 0.3 is 11.9 Å². The summed E-state index contributed by atoms with van der Waals surface area (Å²) in [7, 11) is 0. The molecule has 15 heteroatoms. The Balaban J connectivity index is 5.19. The lowest BCUT2D eigenvalue weighted by atomic mass is 10.1. The topological polar surface area (TPSA) is 273 Å². The van der Waals surface area contributed by atoms with Gasteiger partial charge in [-0.1, -0.05) is 0 Å². The molecule has 0 aromatic carbocycles. The van der Waals surface area contributed by atoms with Crippen LogP contribution in [0.25, 0.3) is 0 Å². The maximum Gasteiger partial charge on any atom is 0.326 e. The number of guanidine groups is 1. The number of carboxylic acid groups (broad SMARTS) is 2. The highest BCUT2D eigenvalue weighted by Gasteiger charge is 2.29. The number of aliphatic hydroxyl groups is 1. The van der Waals surface area contributed by atoms with Gasteiger partial charge < -0.3 is 48.5 Å². The molecule has 5 atom stereocenters. The van der Waals surface area contributed by atoms with Gasteiger partial charge in [0.1, 0.15) is 24.2 Å². The molecule has 0 saturated carbocycles. The Morgan fingerprint density at radius 3 is 1.94 bits per heavy atom. The molecule has 0 fully saturated rings. The van der Waals surface area contributed by atoms with E-state index in [9.17, 15) is 29.1 Å². The van der Waals surface area contributed by atoms with Crippen LogP contribution in [0.15, 0.2) is 4.99 Å². The number of hydrogen-bond acceptors (Lipinski definition) is 8. The molecule has 0 aliphatic rings. The Kier molecular flexibility index (Phi) is 12.3. The third-order valence-electron chi connectivity index (χ3n) is 4.15. The second-order valence-corrected chi connectivity index (χ2v) is 7.00. The van der Waals surface area contributed by atoms with Crippen LogP contribution in [0.3, 0.4) is 0 Å². The number of nitrogens with one attached hydrogen (secondary N) is 3. The van der Waals surface area contributed by atoms with Crippen LogP contribution in [0.4, 0.5) is 0 Å². The number of amides is 3. The maximum absolute atomic E-state index is 12.6. The van der Waals surface area contributed by atoms with Crippen molar-refractivity contribution in [1.29, 1.82) is 0 Å². The number of rotatable bonds is 14. The van der Waals surface area contributed by atoms with Crippen molar-refractivity contribution < 1.29 is 39.3 Å². The summed E-state index contributed by atoms with van der Waals surface area (Å²) < 4.78 is 0. The molecule has 182 valence electrons. The summed E-state index contributed by atoms with van der Waals surface area (Å²) in [5, 5.41) is 33.9. The van der Waals surface area contributed by atoms with Crippen LogP contribution in [0, 0.1) is 0 Å². The number of aliphatic carboxylic acids is 2. The first-order valence-corrected chi connectivity index (χ1v) is 9.61. The minimum absolute atomic E-state index is 0.0476. The summed E-state index contributed by atoms with van der Waals surface area (Å²) in [6, 6.07) is -5.44. The van der Waals surface area contributed by atoms with Gasteiger partial charge in [0.15, 0.2) is 5.96 Å². The summed E-state index contributed by atoms with van der Waals surface area (Å²) in [6.45, 7) is 2.68. The van der Waals surface area contributed by atoms with Gasteiger partial charge in [0.25, 0.3) is 0 Å². The molecule has 0 aromatic heterocycles. The van der Waals surface area contributed by atoms with Crippen molar-refractivity contribution >= 4 is 35.6 Å². The Bertz CT molecular complexity index is 724. The van der Waals surface area contributed by atoms with Crippen molar-refractivity contribution in [2.45, 2.75) is 63.4 Å². The van der Waals surface area contributed by atoms with Crippen LogP contribution in [0.2, 0.25) is 0 Å². The highest BCUT2D eigenvalue weighted by Crippen LogP contribution is 2.02. The zero-order chi connectivity index (χ0) is 25.0. The third kappa shape index (κ3) is 11.1. The Morgan fingerprint density at radius 2 is 1.47 bits per heavy atom. The van der Waals surface area contributed by atoms with E-state index in [2.05, 4.69) is 15.6 Å². The standard InChI is InChI=1S/C17H31N7O8/c1-7(13(28)24-10(16(31)32)6-11(26)27)22-14(29)9(4-3-5-21-17(19)20)23-15(30)12(18)8(2)25/h7-10,12,25H,3-6,18H2,1-2H3,(H,22,29)(H,23,30)(H,24,28)(H,26,27)(H,31,32)(H4,19,20,21). The largest absolute Gasteiger partial charge is 0.481 e. The molecule has 0 bridgehead atoms. The second-order valence-electron chi connectivity index (χ2n) is 7.00. The average Bonchev–Trinajstić information content (AvgIpc) is 2.67. The summed E-state index contributed by atoms with van der Waals surface area (Å²) in [6.07, 6.45) is -1.73. The summed E-state index contributed by atoms with van der Waals surface area (Å²) >= 11 is 0. The van der Waals surface area contributed by atoms with Crippen molar-refractivity contribution in [3.63, 3.8) is 0 Å². The second kappa shape index (κ2) is 13.8. The smallest absolute Gasteiger partial charge is 0.326 e. The fourth-order valence-electron chi connectivity index (χ4n) is 2.31. The normalized spacial score (nSPS) is 15.2. The molecule has 0 rings (SSSR count). The van der Waals surface area contributed by atoms with Gasteiger partial charge in [-0.3, -0.25) is 24.2 Å². The predicted molar refractivity (Wildman–Crippen MR) is 111 cm³/mol. The predicted octanol–water partition coefficient (Wildman–Crippen LogP) is -4.22. The number of aliphatic hydroxyl groups excluding tert-OH is 1. The molecule has 0 aliphatic carbocycles. The van der Waals surface area contributed by atoms with Crippen molar-refractivity contribution in [3.05, 3.63) is 0 Å². The average molecular weight is 461 g/mol. The van der Waals surface area contributed by atoms with E-state index < -0.39 is 66.4 Å². The zero-order valence-corrected chi connectivity index (χ0v) is 17.8. The molecule has 15 nitrogen and oxygen atoms in total. The minimum atomic E-state index is -1.70. The van der Waals surface area contributed by atoms with E-state index in [1.54, 1.807) is 0 Å². The van der Waals surface area contributed by atoms with Crippen LogP contribution in [-0.4, -0.2) is 87.8 Å². The molecular weight excluding hydrogens is 430 g/mol. The van der Waals surface area contributed by atoms with E-state index in [1.807, 2.05) is 5.32 Å². The van der Waals surface area contributed by atoms with E-state index in [0.717, 1.165) is 0 Å². The summed E-state index contributed by atoms with van der Waals surface area (Å²) in [5.74, 6) is -5.71. The molecule has 0 aliphatic heterocycles. The lowest BCUT2D eigenvalue weighted by Crippen LogP contribution is -2.57.